The van der Waals surface area contributed by atoms with Crippen molar-refractivity contribution in [3.8, 4) is 0 Å². The Hall–Kier alpha value is -0.900. The average Bonchev–Trinajstić information content (AvgIpc) is 2.28. The molecule has 4 heteroatoms. The number of nitrogens with zero attached hydrogens (tertiary/aromatic N) is 1. The lowest BCUT2D eigenvalue weighted by Crippen LogP contribution is -2.37. The minimum atomic E-state index is -0.392. The molecule has 17 heavy (non-hydrogen) atoms. The number of benzene rings is 1. The van der Waals surface area contributed by atoms with E-state index in [1.54, 1.807) is 11.0 Å². The fourth-order valence-electron chi connectivity index (χ4n) is 1.65. The molecule has 0 radical (unpaired) electrons. The van der Waals surface area contributed by atoms with Crippen molar-refractivity contribution >= 4 is 21.8 Å². The van der Waals surface area contributed by atoms with Crippen molar-refractivity contribution < 1.29 is 9.18 Å². The molecule has 0 spiro atoms. The van der Waals surface area contributed by atoms with Crippen LogP contribution in [0.2, 0.25) is 0 Å². The molecule has 2 nitrogen and oxygen atoms in total. The lowest BCUT2D eigenvalue weighted by molar-refractivity contribution is 0.0704. The third kappa shape index (κ3) is 3.53. The Morgan fingerprint density at radius 1 is 1.47 bits per heavy atom. The van der Waals surface area contributed by atoms with E-state index >= 15 is 0 Å². The van der Waals surface area contributed by atoms with Gasteiger partial charge in [-0.3, -0.25) is 4.79 Å². The van der Waals surface area contributed by atoms with E-state index in [2.05, 4.69) is 15.9 Å². The maximum Gasteiger partial charge on any atom is 0.255 e. The first-order chi connectivity index (χ1) is 7.97. The highest BCUT2D eigenvalue weighted by Gasteiger charge is 2.20. The monoisotopic (exact) mass is 301 g/mol. The van der Waals surface area contributed by atoms with E-state index in [9.17, 15) is 9.18 Å². The standard InChI is InChI=1S/C13H17BrFNO/c1-4-7-16(9(2)3)13(17)11-8-10(15)5-6-12(11)14/h5-6,8-9H,4,7H2,1-3H3. The van der Waals surface area contributed by atoms with Crippen molar-refractivity contribution in [3.05, 3.63) is 34.1 Å². The molecule has 0 heterocycles. The van der Waals surface area contributed by atoms with E-state index in [0.717, 1.165) is 6.42 Å². The Balaban J connectivity index is 3.04. The van der Waals surface area contributed by atoms with Gasteiger partial charge in [-0.2, -0.15) is 0 Å². The SMILES string of the molecule is CCCN(C(=O)c1cc(F)ccc1Br)C(C)C. The summed E-state index contributed by atoms with van der Waals surface area (Å²) in [5.41, 5.74) is 0.382. The van der Waals surface area contributed by atoms with Crippen molar-refractivity contribution in [3.63, 3.8) is 0 Å². The minimum absolute atomic E-state index is 0.109. The summed E-state index contributed by atoms with van der Waals surface area (Å²) >= 11 is 3.29. The second-order valence-corrected chi connectivity index (χ2v) is 5.07. The number of hydrogen-bond donors (Lipinski definition) is 0. The summed E-state index contributed by atoms with van der Waals surface area (Å²) in [5, 5.41) is 0. The topological polar surface area (TPSA) is 20.3 Å². The quantitative estimate of drug-likeness (QED) is 0.827. The molecule has 0 fully saturated rings. The number of rotatable bonds is 4. The van der Waals surface area contributed by atoms with Crippen LogP contribution < -0.4 is 0 Å². The Morgan fingerprint density at radius 3 is 2.65 bits per heavy atom. The Kier molecular flexibility index (Phi) is 5.12. The van der Waals surface area contributed by atoms with Gasteiger partial charge in [-0.05, 0) is 54.4 Å². The number of carbonyl (C=O) groups excluding carboxylic acids is 1. The molecular formula is C13H17BrFNO. The number of amides is 1. The third-order valence-electron chi connectivity index (χ3n) is 2.51. The smallest absolute Gasteiger partial charge is 0.255 e. The summed E-state index contributed by atoms with van der Waals surface area (Å²) in [6, 6.07) is 4.28. The first kappa shape index (κ1) is 14.2. The minimum Gasteiger partial charge on any atom is -0.336 e. The largest absolute Gasteiger partial charge is 0.336 e. The van der Waals surface area contributed by atoms with E-state index in [1.807, 2.05) is 20.8 Å². The summed E-state index contributed by atoms with van der Waals surface area (Å²) in [4.78, 5) is 14.0. The summed E-state index contributed by atoms with van der Waals surface area (Å²) < 4.78 is 13.8. The molecule has 0 unspecified atom stereocenters. The van der Waals surface area contributed by atoms with E-state index < -0.39 is 5.82 Å². The van der Waals surface area contributed by atoms with Gasteiger partial charge >= 0.3 is 0 Å². The van der Waals surface area contributed by atoms with Gasteiger partial charge in [0.2, 0.25) is 0 Å². The van der Waals surface area contributed by atoms with Crippen LogP contribution >= 0.6 is 15.9 Å². The van der Waals surface area contributed by atoms with Crippen LogP contribution in [0.1, 0.15) is 37.6 Å². The molecule has 0 aromatic heterocycles. The van der Waals surface area contributed by atoms with Crippen molar-refractivity contribution in [2.45, 2.75) is 33.2 Å². The van der Waals surface area contributed by atoms with E-state index in [4.69, 9.17) is 0 Å². The second-order valence-electron chi connectivity index (χ2n) is 4.22. The average molecular weight is 302 g/mol. The molecule has 0 atom stereocenters. The first-order valence-electron chi connectivity index (χ1n) is 5.73. The van der Waals surface area contributed by atoms with Gasteiger partial charge in [0.15, 0.2) is 0 Å². The van der Waals surface area contributed by atoms with Gasteiger partial charge in [0.1, 0.15) is 5.82 Å². The molecule has 0 saturated carbocycles. The molecule has 1 rings (SSSR count). The molecule has 0 N–H and O–H groups in total. The van der Waals surface area contributed by atoms with Gasteiger partial charge in [-0.15, -0.1) is 0 Å². The van der Waals surface area contributed by atoms with Gasteiger partial charge in [-0.25, -0.2) is 4.39 Å². The zero-order valence-electron chi connectivity index (χ0n) is 10.3. The van der Waals surface area contributed by atoms with Crippen LogP contribution in [0.25, 0.3) is 0 Å². The molecule has 1 aromatic carbocycles. The van der Waals surface area contributed by atoms with Crippen molar-refractivity contribution in [1.29, 1.82) is 0 Å². The van der Waals surface area contributed by atoms with E-state index in [0.29, 0.717) is 16.6 Å². The van der Waals surface area contributed by atoms with Gasteiger partial charge in [0.25, 0.3) is 5.91 Å². The maximum absolute atomic E-state index is 13.2. The molecular weight excluding hydrogens is 285 g/mol. The van der Waals surface area contributed by atoms with Gasteiger partial charge in [0.05, 0.1) is 5.56 Å². The fourth-order valence-corrected chi connectivity index (χ4v) is 2.07. The molecule has 0 aliphatic heterocycles. The van der Waals surface area contributed by atoms with E-state index in [-0.39, 0.29) is 11.9 Å². The highest BCUT2D eigenvalue weighted by atomic mass is 79.9. The summed E-state index contributed by atoms with van der Waals surface area (Å²) in [7, 11) is 0. The van der Waals surface area contributed by atoms with Crippen LogP contribution in [0.3, 0.4) is 0 Å². The van der Waals surface area contributed by atoms with E-state index in [1.165, 1.54) is 12.1 Å². The van der Waals surface area contributed by atoms with Crippen LogP contribution in [0.15, 0.2) is 22.7 Å². The molecule has 0 saturated heterocycles. The Labute approximate surface area is 110 Å². The molecule has 1 amide bonds. The van der Waals surface area contributed by atoms with Crippen LogP contribution in [0.5, 0.6) is 0 Å². The van der Waals surface area contributed by atoms with Crippen LogP contribution in [-0.4, -0.2) is 23.4 Å². The van der Waals surface area contributed by atoms with Crippen LogP contribution in [0, 0.1) is 5.82 Å². The highest BCUT2D eigenvalue weighted by Crippen LogP contribution is 2.20. The maximum atomic E-state index is 13.2. The number of halogens is 2. The molecule has 94 valence electrons. The normalized spacial score (nSPS) is 10.7. The molecule has 1 aromatic rings. The molecule has 0 aliphatic rings. The van der Waals surface area contributed by atoms with Crippen molar-refractivity contribution in [2.24, 2.45) is 0 Å². The van der Waals surface area contributed by atoms with Gasteiger partial charge in [-0.1, -0.05) is 6.92 Å². The Morgan fingerprint density at radius 2 is 2.12 bits per heavy atom. The van der Waals surface area contributed by atoms with Crippen LogP contribution in [-0.2, 0) is 0 Å². The van der Waals surface area contributed by atoms with Crippen molar-refractivity contribution in [1.82, 2.24) is 4.90 Å². The highest BCUT2D eigenvalue weighted by molar-refractivity contribution is 9.10. The second kappa shape index (κ2) is 6.15. The summed E-state index contributed by atoms with van der Waals surface area (Å²) in [6.45, 7) is 6.62. The summed E-state index contributed by atoms with van der Waals surface area (Å²) in [6.07, 6.45) is 0.886. The number of carbonyl (C=O) groups is 1. The zero-order valence-corrected chi connectivity index (χ0v) is 11.9. The molecule has 0 bridgehead atoms. The predicted molar refractivity (Wildman–Crippen MR) is 70.6 cm³/mol. The summed E-state index contributed by atoms with van der Waals surface area (Å²) in [5.74, 6) is -0.523. The first-order valence-corrected chi connectivity index (χ1v) is 6.52. The van der Waals surface area contributed by atoms with Crippen molar-refractivity contribution in [2.75, 3.05) is 6.54 Å². The van der Waals surface area contributed by atoms with Gasteiger partial charge in [0, 0.05) is 17.1 Å². The number of hydrogen-bond acceptors (Lipinski definition) is 1. The van der Waals surface area contributed by atoms with Gasteiger partial charge < -0.3 is 4.90 Å². The lowest BCUT2D eigenvalue weighted by atomic mass is 10.1. The lowest BCUT2D eigenvalue weighted by Gasteiger charge is -2.26. The third-order valence-corrected chi connectivity index (χ3v) is 3.20. The molecule has 0 aliphatic carbocycles. The van der Waals surface area contributed by atoms with Crippen LogP contribution in [0.4, 0.5) is 4.39 Å². The Bertz CT molecular complexity index is 406. The predicted octanol–water partition coefficient (Wildman–Crippen LogP) is 3.85. The fraction of sp³-hybridized carbons (Fsp3) is 0.462. The zero-order chi connectivity index (χ0) is 13.0.